The Morgan fingerprint density at radius 3 is 2.00 bits per heavy atom. The number of hydrogen-bond acceptors (Lipinski definition) is 2. The number of anilines is 1. The number of hydrogen-bond donors (Lipinski definition) is 0. The molecule has 1 aliphatic heterocycles. The fraction of sp³-hybridized carbons (Fsp3) is 0.174. The van der Waals surface area contributed by atoms with E-state index in [0.717, 1.165) is 0 Å². The summed E-state index contributed by atoms with van der Waals surface area (Å²) >= 11 is 0. The zero-order valence-electron chi connectivity index (χ0n) is 15.8. The fourth-order valence-electron chi connectivity index (χ4n) is 4.10. The molecule has 3 aromatic carbocycles. The number of carbonyl (C=O) groups excluding carboxylic acids is 1. The molecule has 1 unspecified atom stereocenters. The van der Waals surface area contributed by atoms with Gasteiger partial charge in [0.05, 0.1) is 5.41 Å². The number of amides is 1. The zero-order chi connectivity index (χ0) is 19.9. The quantitative estimate of drug-likeness (QED) is 0.627. The van der Waals surface area contributed by atoms with Crippen LogP contribution >= 0.6 is 7.14 Å². The Labute approximate surface area is 164 Å². The lowest BCUT2D eigenvalue weighted by molar-refractivity contribution is -0.121. The lowest BCUT2D eigenvalue weighted by Gasteiger charge is -2.29. The molecule has 5 heteroatoms. The summed E-state index contributed by atoms with van der Waals surface area (Å²) in [5.41, 5.74) is 0.182. The van der Waals surface area contributed by atoms with E-state index in [9.17, 15) is 13.8 Å². The van der Waals surface area contributed by atoms with Crippen molar-refractivity contribution in [1.29, 1.82) is 0 Å². The van der Waals surface area contributed by atoms with Crippen LogP contribution in [0.25, 0.3) is 0 Å². The predicted molar refractivity (Wildman–Crippen MR) is 112 cm³/mol. The molecule has 3 aromatic rings. The number of rotatable bonds is 4. The maximum atomic E-state index is 14.5. The van der Waals surface area contributed by atoms with Crippen molar-refractivity contribution in [3.05, 3.63) is 90.2 Å². The highest BCUT2D eigenvalue weighted by Crippen LogP contribution is 2.53. The van der Waals surface area contributed by atoms with Crippen LogP contribution in [-0.2, 0) is 14.8 Å². The third-order valence-corrected chi connectivity index (χ3v) is 8.92. The van der Waals surface area contributed by atoms with Crippen molar-refractivity contribution in [2.24, 2.45) is 0 Å². The van der Waals surface area contributed by atoms with Gasteiger partial charge in [0.25, 0.3) is 0 Å². The van der Waals surface area contributed by atoms with Gasteiger partial charge < -0.3 is 9.46 Å². The van der Waals surface area contributed by atoms with Gasteiger partial charge in [0.2, 0.25) is 5.91 Å². The highest BCUT2D eigenvalue weighted by molar-refractivity contribution is 7.78. The molecule has 1 amide bonds. The van der Waals surface area contributed by atoms with E-state index in [0.29, 0.717) is 21.9 Å². The molecule has 0 aromatic heterocycles. The number of likely N-dealkylation sites (N-methyl/N-ethyl adjacent to an activating group) is 1. The minimum atomic E-state index is -3.14. The summed E-state index contributed by atoms with van der Waals surface area (Å²) in [6.07, 6.45) is 0.105. The molecule has 142 valence electrons. The summed E-state index contributed by atoms with van der Waals surface area (Å²) in [5, 5.41) is 1.39. The van der Waals surface area contributed by atoms with E-state index in [1.807, 2.05) is 60.7 Å². The molecule has 4 rings (SSSR count). The molecule has 1 aliphatic rings. The maximum absolute atomic E-state index is 14.5. The molecule has 0 saturated carbocycles. The van der Waals surface area contributed by atoms with Crippen LogP contribution in [-0.4, -0.2) is 19.1 Å². The van der Waals surface area contributed by atoms with Crippen LogP contribution in [0.15, 0.2) is 78.9 Å². The first kappa shape index (κ1) is 18.6. The van der Waals surface area contributed by atoms with E-state index in [2.05, 4.69) is 0 Å². The van der Waals surface area contributed by atoms with Gasteiger partial charge in [0.15, 0.2) is 0 Å². The number of carbonyl (C=O) groups is 1. The van der Waals surface area contributed by atoms with Gasteiger partial charge in [0, 0.05) is 29.5 Å². The van der Waals surface area contributed by atoms with E-state index in [4.69, 9.17) is 0 Å². The molecule has 0 bridgehead atoms. The summed E-state index contributed by atoms with van der Waals surface area (Å²) in [6.45, 7) is 1.77. The summed E-state index contributed by atoms with van der Waals surface area (Å²) in [5.74, 6) is -0.567. The topological polar surface area (TPSA) is 37.4 Å². The van der Waals surface area contributed by atoms with Crippen LogP contribution < -0.4 is 15.5 Å². The van der Waals surface area contributed by atoms with E-state index in [1.54, 1.807) is 20.0 Å². The fourth-order valence-corrected chi connectivity index (χ4v) is 7.27. The smallest absolute Gasteiger partial charge is 0.237 e. The van der Waals surface area contributed by atoms with Gasteiger partial charge in [-0.25, -0.2) is 4.39 Å². The van der Waals surface area contributed by atoms with Gasteiger partial charge in [-0.3, -0.25) is 4.79 Å². The molecule has 0 aliphatic carbocycles. The summed E-state index contributed by atoms with van der Waals surface area (Å²) < 4.78 is 28.5. The number of halogens is 1. The average Bonchev–Trinajstić information content (AvgIpc) is 2.90. The van der Waals surface area contributed by atoms with Gasteiger partial charge in [-0.05, 0) is 30.7 Å². The van der Waals surface area contributed by atoms with E-state index in [-0.39, 0.29) is 12.1 Å². The second kappa shape index (κ2) is 6.72. The minimum Gasteiger partial charge on any atom is -0.314 e. The van der Waals surface area contributed by atoms with Crippen molar-refractivity contribution in [2.45, 2.75) is 12.3 Å². The summed E-state index contributed by atoms with van der Waals surface area (Å²) in [6, 6.07) is 22.9. The van der Waals surface area contributed by atoms with Gasteiger partial charge in [-0.1, -0.05) is 60.7 Å². The molecule has 1 atom stereocenters. The number of fused-ring (bicyclic) bond motifs is 1. The SMILES string of the molecule is CN1C(=O)C(C)(CP(=O)(c2ccccc2)c2ccccc2)c2cc(F)ccc21. The van der Waals surface area contributed by atoms with Gasteiger partial charge >= 0.3 is 0 Å². The molecule has 1 heterocycles. The Kier molecular flexibility index (Phi) is 4.47. The number of nitrogens with zero attached hydrogens (tertiary/aromatic N) is 1. The zero-order valence-corrected chi connectivity index (χ0v) is 16.7. The van der Waals surface area contributed by atoms with Crippen LogP contribution in [0, 0.1) is 5.82 Å². The lowest BCUT2D eigenvalue weighted by atomic mass is 9.86. The van der Waals surface area contributed by atoms with Crippen LogP contribution in [0.5, 0.6) is 0 Å². The third kappa shape index (κ3) is 2.80. The van der Waals surface area contributed by atoms with Crippen LogP contribution in [0.1, 0.15) is 12.5 Å². The summed E-state index contributed by atoms with van der Waals surface area (Å²) in [7, 11) is -1.46. The number of benzene rings is 3. The van der Waals surface area contributed by atoms with Gasteiger partial charge in [-0.15, -0.1) is 0 Å². The first-order valence-electron chi connectivity index (χ1n) is 9.15. The maximum Gasteiger partial charge on any atom is 0.237 e. The molecular formula is C23H21FNO2P. The van der Waals surface area contributed by atoms with Crippen molar-refractivity contribution in [2.75, 3.05) is 18.1 Å². The second-order valence-corrected chi connectivity index (χ2v) is 10.3. The molecule has 0 spiro atoms. The Bertz CT molecular complexity index is 1040. The normalized spacial score (nSPS) is 19.0. The Morgan fingerprint density at radius 2 is 1.46 bits per heavy atom. The largest absolute Gasteiger partial charge is 0.314 e. The van der Waals surface area contributed by atoms with Crippen molar-refractivity contribution in [3.8, 4) is 0 Å². The van der Waals surface area contributed by atoms with Crippen molar-refractivity contribution < 1.29 is 13.8 Å². The highest BCUT2D eigenvalue weighted by Gasteiger charge is 2.50. The van der Waals surface area contributed by atoms with E-state index >= 15 is 0 Å². The molecule has 28 heavy (non-hydrogen) atoms. The third-order valence-electron chi connectivity index (χ3n) is 5.58. The first-order chi connectivity index (χ1) is 13.4. The van der Waals surface area contributed by atoms with Gasteiger partial charge in [0.1, 0.15) is 13.0 Å². The second-order valence-electron chi connectivity index (χ2n) is 7.43. The van der Waals surface area contributed by atoms with Crippen LogP contribution in [0.3, 0.4) is 0 Å². The van der Waals surface area contributed by atoms with Crippen molar-refractivity contribution >= 4 is 29.3 Å². The highest BCUT2D eigenvalue weighted by atomic mass is 31.2. The van der Waals surface area contributed by atoms with E-state index < -0.39 is 18.4 Å². The van der Waals surface area contributed by atoms with Crippen molar-refractivity contribution in [3.63, 3.8) is 0 Å². The molecule has 0 N–H and O–H groups in total. The Morgan fingerprint density at radius 1 is 0.929 bits per heavy atom. The molecule has 3 nitrogen and oxygen atoms in total. The van der Waals surface area contributed by atoms with Crippen LogP contribution in [0.4, 0.5) is 10.1 Å². The Balaban J connectivity index is 1.90. The first-order valence-corrected chi connectivity index (χ1v) is 11.0. The monoisotopic (exact) mass is 393 g/mol. The van der Waals surface area contributed by atoms with Crippen LogP contribution in [0.2, 0.25) is 0 Å². The minimum absolute atomic E-state index is 0.105. The summed E-state index contributed by atoms with van der Waals surface area (Å²) in [4.78, 5) is 14.8. The molecular weight excluding hydrogens is 372 g/mol. The Hall–Kier alpha value is -2.71. The van der Waals surface area contributed by atoms with Crippen molar-refractivity contribution in [1.82, 2.24) is 0 Å². The van der Waals surface area contributed by atoms with Gasteiger partial charge in [-0.2, -0.15) is 0 Å². The lowest BCUT2D eigenvalue weighted by Crippen LogP contribution is -2.41. The molecule has 0 radical (unpaired) electrons. The average molecular weight is 393 g/mol. The molecule has 0 fully saturated rings. The predicted octanol–water partition coefficient (Wildman–Crippen LogP) is 4.07. The standard InChI is InChI=1S/C23H21FNO2P/c1-23(20-15-17(24)13-14-21(20)25(2)22(23)26)16-28(27,18-9-5-3-6-10-18)19-11-7-4-8-12-19/h3-15H,16H2,1-2H3. The van der Waals surface area contributed by atoms with E-state index in [1.165, 1.54) is 17.0 Å². The molecule has 0 saturated heterocycles.